The monoisotopic (exact) mass is 271 g/mol. The Kier molecular flexibility index (Phi) is 3.13. The molecule has 0 fully saturated rings. The van der Waals surface area contributed by atoms with Gasteiger partial charge in [-0.1, -0.05) is 42.1 Å². The van der Waals surface area contributed by atoms with E-state index in [1.807, 2.05) is 42.7 Å². The quantitative estimate of drug-likeness (QED) is 0.745. The highest BCUT2D eigenvalue weighted by Gasteiger charge is 2.08. The SMILES string of the molecule is CSc1nc2c(=O)n(Cc3ccccc3)ccc2[nH]1. The van der Waals surface area contributed by atoms with Crippen LogP contribution in [0.2, 0.25) is 0 Å². The molecule has 0 unspecified atom stereocenters. The van der Waals surface area contributed by atoms with E-state index in [1.54, 1.807) is 10.8 Å². The molecule has 4 nitrogen and oxygen atoms in total. The second kappa shape index (κ2) is 4.93. The van der Waals surface area contributed by atoms with Crippen molar-refractivity contribution < 1.29 is 0 Å². The zero-order valence-corrected chi connectivity index (χ0v) is 11.3. The van der Waals surface area contributed by atoms with E-state index in [1.165, 1.54) is 11.8 Å². The van der Waals surface area contributed by atoms with Crippen molar-refractivity contribution in [2.75, 3.05) is 6.26 Å². The second-order valence-corrected chi connectivity index (χ2v) is 5.04. The Morgan fingerprint density at radius 1 is 1.26 bits per heavy atom. The second-order valence-electron chi connectivity index (χ2n) is 4.24. The standard InChI is InChI=1S/C14H13N3OS/c1-19-14-15-11-7-8-17(13(18)12(11)16-14)9-10-5-3-2-4-6-10/h2-8H,9H2,1H3,(H,15,16). The van der Waals surface area contributed by atoms with Crippen molar-refractivity contribution in [2.24, 2.45) is 0 Å². The van der Waals surface area contributed by atoms with Crippen LogP contribution in [0.25, 0.3) is 11.0 Å². The van der Waals surface area contributed by atoms with Gasteiger partial charge in [0.25, 0.3) is 5.56 Å². The van der Waals surface area contributed by atoms with E-state index in [9.17, 15) is 4.79 Å². The van der Waals surface area contributed by atoms with E-state index in [4.69, 9.17) is 0 Å². The number of aromatic amines is 1. The van der Waals surface area contributed by atoms with Crippen molar-refractivity contribution in [1.82, 2.24) is 14.5 Å². The van der Waals surface area contributed by atoms with Crippen molar-refractivity contribution >= 4 is 22.8 Å². The molecule has 0 bridgehead atoms. The van der Waals surface area contributed by atoms with Gasteiger partial charge in [-0.15, -0.1) is 0 Å². The first-order chi connectivity index (χ1) is 9.28. The first kappa shape index (κ1) is 12.0. The van der Waals surface area contributed by atoms with Crippen LogP contribution in [0.15, 0.2) is 52.5 Å². The number of hydrogen-bond donors (Lipinski definition) is 1. The van der Waals surface area contributed by atoms with Crippen LogP contribution in [0.1, 0.15) is 5.56 Å². The summed E-state index contributed by atoms with van der Waals surface area (Å²) in [5.74, 6) is 0. The summed E-state index contributed by atoms with van der Waals surface area (Å²) in [4.78, 5) is 19.8. The van der Waals surface area contributed by atoms with E-state index in [-0.39, 0.29) is 5.56 Å². The van der Waals surface area contributed by atoms with Gasteiger partial charge in [0.05, 0.1) is 12.1 Å². The van der Waals surface area contributed by atoms with Crippen LogP contribution in [0, 0.1) is 0 Å². The summed E-state index contributed by atoms with van der Waals surface area (Å²) in [6, 6.07) is 11.8. The van der Waals surface area contributed by atoms with Crippen LogP contribution in [-0.4, -0.2) is 20.8 Å². The topological polar surface area (TPSA) is 50.7 Å². The zero-order chi connectivity index (χ0) is 13.2. The molecule has 1 aromatic carbocycles. The molecule has 0 spiro atoms. The lowest BCUT2D eigenvalue weighted by atomic mass is 10.2. The molecule has 1 N–H and O–H groups in total. The third-order valence-electron chi connectivity index (χ3n) is 2.98. The summed E-state index contributed by atoms with van der Waals surface area (Å²) in [5, 5.41) is 0.768. The number of H-pyrrole nitrogens is 1. The van der Waals surface area contributed by atoms with Crippen LogP contribution in [-0.2, 0) is 6.54 Å². The highest BCUT2D eigenvalue weighted by atomic mass is 32.2. The largest absolute Gasteiger partial charge is 0.333 e. The molecule has 96 valence electrons. The Balaban J connectivity index is 2.05. The van der Waals surface area contributed by atoms with Crippen LogP contribution in [0.5, 0.6) is 0 Å². The summed E-state index contributed by atoms with van der Waals surface area (Å²) < 4.78 is 1.68. The Labute approximate surface area is 114 Å². The van der Waals surface area contributed by atoms with Gasteiger partial charge < -0.3 is 9.55 Å². The number of thioether (sulfide) groups is 1. The summed E-state index contributed by atoms with van der Waals surface area (Å²) >= 11 is 1.50. The summed E-state index contributed by atoms with van der Waals surface area (Å²) in [5.41, 5.74) is 2.34. The minimum Gasteiger partial charge on any atom is -0.333 e. The molecule has 5 heteroatoms. The molecule has 19 heavy (non-hydrogen) atoms. The van der Waals surface area contributed by atoms with Gasteiger partial charge in [-0.2, -0.15) is 0 Å². The fourth-order valence-electron chi connectivity index (χ4n) is 2.02. The number of nitrogens with zero attached hydrogens (tertiary/aromatic N) is 2. The maximum Gasteiger partial charge on any atom is 0.278 e. The Hall–Kier alpha value is -2.01. The maximum absolute atomic E-state index is 12.3. The number of imidazole rings is 1. The predicted octanol–water partition coefficient (Wildman–Crippen LogP) is 2.49. The molecule has 0 atom stereocenters. The van der Waals surface area contributed by atoms with Gasteiger partial charge in [-0.3, -0.25) is 4.79 Å². The lowest BCUT2D eigenvalue weighted by Crippen LogP contribution is -2.20. The molecule has 0 saturated heterocycles. The van der Waals surface area contributed by atoms with Crippen molar-refractivity contribution in [3.63, 3.8) is 0 Å². The van der Waals surface area contributed by atoms with E-state index in [0.717, 1.165) is 16.2 Å². The molecular formula is C14H13N3OS. The van der Waals surface area contributed by atoms with Gasteiger partial charge in [-0.05, 0) is 17.9 Å². The minimum absolute atomic E-state index is 0.0575. The van der Waals surface area contributed by atoms with E-state index in [0.29, 0.717) is 12.1 Å². The Bertz CT molecular complexity index is 761. The lowest BCUT2D eigenvalue weighted by molar-refractivity contribution is 0.766. The number of nitrogens with one attached hydrogen (secondary N) is 1. The van der Waals surface area contributed by atoms with Crippen molar-refractivity contribution in [3.8, 4) is 0 Å². The molecule has 0 aliphatic carbocycles. The van der Waals surface area contributed by atoms with Crippen molar-refractivity contribution in [3.05, 3.63) is 58.5 Å². The molecule has 3 rings (SSSR count). The molecule has 0 amide bonds. The summed E-state index contributed by atoms with van der Waals surface area (Å²) in [7, 11) is 0. The predicted molar refractivity (Wildman–Crippen MR) is 77.7 cm³/mol. The molecule has 0 aliphatic heterocycles. The van der Waals surface area contributed by atoms with Crippen molar-refractivity contribution in [2.45, 2.75) is 11.7 Å². The lowest BCUT2D eigenvalue weighted by Gasteiger charge is -2.04. The summed E-state index contributed by atoms with van der Waals surface area (Å²) in [6.45, 7) is 0.567. The van der Waals surface area contributed by atoms with Gasteiger partial charge in [0, 0.05) is 6.20 Å². The number of hydrogen-bond acceptors (Lipinski definition) is 3. The average molecular weight is 271 g/mol. The first-order valence-corrected chi connectivity index (χ1v) is 7.17. The highest BCUT2D eigenvalue weighted by Crippen LogP contribution is 2.14. The fraction of sp³-hybridized carbons (Fsp3) is 0.143. The van der Waals surface area contributed by atoms with Gasteiger partial charge >= 0.3 is 0 Å². The van der Waals surface area contributed by atoms with Gasteiger partial charge in [0.2, 0.25) is 0 Å². The highest BCUT2D eigenvalue weighted by molar-refractivity contribution is 7.98. The number of pyridine rings is 1. The third-order valence-corrected chi connectivity index (χ3v) is 3.56. The number of aromatic nitrogens is 3. The van der Waals surface area contributed by atoms with Crippen LogP contribution in [0.3, 0.4) is 0 Å². The van der Waals surface area contributed by atoms with E-state index < -0.39 is 0 Å². The van der Waals surface area contributed by atoms with Crippen LogP contribution >= 0.6 is 11.8 Å². The van der Waals surface area contributed by atoms with E-state index in [2.05, 4.69) is 9.97 Å². The molecule has 3 aromatic rings. The average Bonchev–Trinajstić information content (AvgIpc) is 2.87. The molecule has 2 heterocycles. The third kappa shape index (κ3) is 2.29. The van der Waals surface area contributed by atoms with Gasteiger partial charge in [0.15, 0.2) is 10.7 Å². The summed E-state index contributed by atoms with van der Waals surface area (Å²) in [6.07, 6.45) is 3.74. The molecule has 0 radical (unpaired) electrons. The van der Waals surface area contributed by atoms with Crippen LogP contribution < -0.4 is 5.56 Å². The zero-order valence-electron chi connectivity index (χ0n) is 10.5. The first-order valence-electron chi connectivity index (χ1n) is 5.95. The molecule has 0 saturated carbocycles. The van der Waals surface area contributed by atoms with Crippen molar-refractivity contribution in [1.29, 1.82) is 0 Å². The Morgan fingerprint density at radius 2 is 2.05 bits per heavy atom. The van der Waals surface area contributed by atoms with Gasteiger partial charge in [0.1, 0.15) is 0 Å². The number of fused-ring (bicyclic) bond motifs is 1. The normalized spacial score (nSPS) is 11.0. The fourth-order valence-corrected chi connectivity index (χ4v) is 2.41. The maximum atomic E-state index is 12.3. The molecule has 2 aromatic heterocycles. The molecule has 0 aliphatic rings. The Morgan fingerprint density at radius 3 is 2.79 bits per heavy atom. The number of rotatable bonds is 3. The van der Waals surface area contributed by atoms with Gasteiger partial charge in [-0.25, -0.2) is 4.98 Å². The smallest absolute Gasteiger partial charge is 0.278 e. The molecular weight excluding hydrogens is 258 g/mol. The minimum atomic E-state index is -0.0575. The van der Waals surface area contributed by atoms with Crippen LogP contribution in [0.4, 0.5) is 0 Å². The van der Waals surface area contributed by atoms with E-state index >= 15 is 0 Å². The number of benzene rings is 1.